The zero-order chi connectivity index (χ0) is 20.7. The second-order valence-electron chi connectivity index (χ2n) is 8.27. The highest BCUT2D eigenvalue weighted by Crippen LogP contribution is 2.31. The van der Waals surface area contributed by atoms with Crippen molar-refractivity contribution in [2.24, 2.45) is 0 Å². The Morgan fingerprint density at radius 1 is 1.00 bits per heavy atom. The van der Waals surface area contributed by atoms with Gasteiger partial charge in [-0.2, -0.15) is 0 Å². The van der Waals surface area contributed by atoms with E-state index in [1.54, 1.807) is 12.1 Å². The van der Waals surface area contributed by atoms with E-state index in [1.165, 1.54) is 6.42 Å². The first-order chi connectivity index (χ1) is 13.9. The molecule has 2 N–H and O–H groups in total. The largest absolute Gasteiger partial charge is 0.381 e. The SMILES string of the molecule is CN(C)C1CCCC[C@H]1Nc1ccc2c(c1)C(=O)N(C1CCC(=O)NC1=O)C2=O. The van der Waals surface area contributed by atoms with Gasteiger partial charge in [-0.15, -0.1) is 0 Å². The third-order valence-corrected chi connectivity index (χ3v) is 6.18. The van der Waals surface area contributed by atoms with Crippen molar-refractivity contribution in [2.75, 3.05) is 19.4 Å². The molecule has 1 saturated carbocycles. The molecule has 4 amide bonds. The van der Waals surface area contributed by atoms with Crippen LogP contribution in [0.15, 0.2) is 18.2 Å². The third-order valence-electron chi connectivity index (χ3n) is 6.18. The fourth-order valence-electron chi connectivity index (χ4n) is 4.67. The maximum absolute atomic E-state index is 13.0. The van der Waals surface area contributed by atoms with E-state index in [9.17, 15) is 19.2 Å². The van der Waals surface area contributed by atoms with Gasteiger partial charge in [-0.05, 0) is 51.6 Å². The van der Waals surface area contributed by atoms with E-state index in [4.69, 9.17) is 0 Å². The van der Waals surface area contributed by atoms with Gasteiger partial charge in [0, 0.05) is 24.2 Å². The van der Waals surface area contributed by atoms with Gasteiger partial charge in [-0.1, -0.05) is 12.8 Å². The Hall–Kier alpha value is -2.74. The summed E-state index contributed by atoms with van der Waals surface area (Å²) in [7, 11) is 4.15. The van der Waals surface area contributed by atoms with Crippen molar-refractivity contribution in [2.45, 2.75) is 56.7 Å². The number of rotatable bonds is 4. The number of piperidine rings is 1. The summed E-state index contributed by atoms with van der Waals surface area (Å²) in [6.07, 6.45) is 4.82. The molecule has 1 saturated heterocycles. The Balaban J connectivity index is 1.55. The quantitative estimate of drug-likeness (QED) is 0.744. The first-order valence-corrected chi connectivity index (χ1v) is 10.2. The number of hydrogen-bond donors (Lipinski definition) is 2. The molecule has 0 aromatic heterocycles. The number of anilines is 1. The number of nitrogens with zero attached hydrogens (tertiary/aromatic N) is 2. The maximum atomic E-state index is 13.0. The maximum Gasteiger partial charge on any atom is 0.262 e. The Kier molecular flexibility index (Phi) is 5.12. The Bertz CT molecular complexity index is 881. The number of benzene rings is 1. The molecular weight excluding hydrogens is 372 g/mol. The Morgan fingerprint density at radius 2 is 1.72 bits per heavy atom. The zero-order valence-electron chi connectivity index (χ0n) is 16.7. The highest BCUT2D eigenvalue weighted by molar-refractivity contribution is 6.23. The molecule has 1 aliphatic carbocycles. The van der Waals surface area contributed by atoms with Crippen LogP contribution in [0.5, 0.6) is 0 Å². The average Bonchev–Trinajstić information content (AvgIpc) is 2.93. The predicted octanol–water partition coefficient (Wildman–Crippen LogP) is 1.37. The van der Waals surface area contributed by atoms with Crippen molar-refractivity contribution in [3.8, 4) is 0 Å². The first kappa shape index (κ1) is 19.6. The summed E-state index contributed by atoms with van der Waals surface area (Å²) >= 11 is 0. The summed E-state index contributed by atoms with van der Waals surface area (Å²) < 4.78 is 0. The molecule has 1 aromatic rings. The van der Waals surface area contributed by atoms with Gasteiger partial charge in [0.2, 0.25) is 11.8 Å². The van der Waals surface area contributed by atoms with Crippen LogP contribution in [0, 0.1) is 0 Å². The fourth-order valence-corrected chi connectivity index (χ4v) is 4.67. The van der Waals surface area contributed by atoms with Crippen LogP contribution in [-0.2, 0) is 9.59 Å². The minimum Gasteiger partial charge on any atom is -0.381 e. The van der Waals surface area contributed by atoms with Crippen molar-refractivity contribution < 1.29 is 19.2 Å². The average molecular weight is 398 g/mol. The topological polar surface area (TPSA) is 98.8 Å². The number of hydrogen-bond acceptors (Lipinski definition) is 6. The lowest BCUT2D eigenvalue weighted by molar-refractivity contribution is -0.136. The summed E-state index contributed by atoms with van der Waals surface area (Å²) in [5.41, 5.74) is 1.41. The van der Waals surface area contributed by atoms with Crippen LogP contribution in [0.2, 0.25) is 0 Å². The van der Waals surface area contributed by atoms with E-state index < -0.39 is 23.8 Å². The van der Waals surface area contributed by atoms with Gasteiger partial charge in [0.25, 0.3) is 11.8 Å². The molecule has 2 fully saturated rings. The number of carbonyl (C=O) groups excluding carboxylic acids is 4. The number of fused-ring (bicyclic) bond motifs is 1. The van der Waals surface area contributed by atoms with Crippen molar-refractivity contribution in [1.29, 1.82) is 0 Å². The van der Waals surface area contributed by atoms with Crippen LogP contribution < -0.4 is 10.6 Å². The Labute approximate surface area is 169 Å². The number of likely N-dealkylation sites (N-methyl/N-ethyl adjacent to an activating group) is 1. The first-order valence-electron chi connectivity index (χ1n) is 10.2. The number of nitrogens with one attached hydrogen (secondary N) is 2. The van der Waals surface area contributed by atoms with E-state index >= 15 is 0 Å². The van der Waals surface area contributed by atoms with Gasteiger partial charge in [-0.25, -0.2) is 0 Å². The van der Waals surface area contributed by atoms with Crippen molar-refractivity contribution in [3.63, 3.8) is 0 Å². The van der Waals surface area contributed by atoms with Crippen molar-refractivity contribution >= 4 is 29.3 Å². The molecule has 2 aliphatic heterocycles. The molecule has 154 valence electrons. The third kappa shape index (κ3) is 3.53. The molecule has 2 unspecified atom stereocenters. The standard InChI is InChI=1S/C21H26N4O4/c1-24(2)16-6-4-3-5-15(16)22-12-7-8-13-14(11-12)21(29)25(20(13)28)17-9-10-18(26)23-19(17)27/h7-8,11,15-17,22H,3-6,9-10H2,1-2H3,(H,23,26,27)/t15-,16?,17?/m1/s1. The summed E-state index contributed by atoms with van der Waals surface area (Å²) in [5, 5.41) is 5.75. The normalized spacial score (nSPS) is 27.3. The van der Waals surface area contributed by atoms with Crippen LogP contribution in [0.4, 0.5) is 5.69 Å². The lowest BCUT2D eigenvalue weighted by Gasteiger charge is -2.37. The second-order valence-corrected chi connectivity index (χ2v) is 8.27. The molecule has 3 aliphatic rings. The van der Waals surface area contributed by atoms with Crippen LogP contribution >= 0.6 is 0 Å². The van der Waals surface area contributed by atoms with Gasteiger partial charge in [0.15, 0.2) is 0 Å². The molecule has 0 bridgehead atoms. The van der Waals surface area contributed by atoms with Gasteiger partial charge in [0.05, 0.1) is 11.1 Å². The van der Waals surface area contributed by atoms with Crippen LogP contribution in [0.3, 0.4) is 0 Å². The summed E-state index contributed by atoms with van der Waals surface area (Å²) in [4.78, 5) is 52.5. The van der Waals surface area contributed by atoms with E-state index in [0.29, 0.717) is 17.2 Å². The minimum atomic E-state index is -0.937. The number of carbonyl (C=O) groups is 4. The smallest absolute Gasteiger partial charge is 0.262 e. The molecule has 0 radical (unpaired) electrons. The molecule has 8 nitrogen and oxygen atoms in total. The van der Waals surface area contributed by atoms with Crippen molar-refractivity contribution in [3.05, 3.63) is 29.3 Å². The fraction of sp³-hybridized carbons (Fsp3) is 0.524. The molecule has 0 spiro atoms. The lowest BCUT2D eigenvalue weighted by Crippen LogP contribution is -2.54. The molecule has 8 heteroatoms. The zero-order valence-corrected chi connectivity index (χ0v) is 16.7. The summed E-state index contributed by atoms with van der Waals surface area (Å²) in [6, 6.07) is 4.93. The van der Waals surface area contributed by atoms with Gasteiger partial charge in [0.1, 0.15) is 6.04 Å². The van der Waals surface area contributed by atoms with Gasteiger partial charge < -0.3 is 10.2 Å². The lowest BCUT2D eigenvalue weighted by atomic mass is 9.89. The monoisotopic (exact) mass is 398 g/mol. The summed E-state index contributed by atoms with van der Waals surface area (Å²) in [5.74, 6) is -1.92. The highest BCUT2D eigenvalue weighted by Gasteiger charge is 2.44. The molecule has 1 aromatic carbocycles. The Morgan fingerprint density at radius 3 is 2.45 bits per heavy atom. The van der Waals surface area contributed by atoms with Gasteiger partial charge >= 0.3 is 0 Å². The molecule has 4 rings (SSSR count). The number of imide groups is 2. The van der Waals surface area contributed by atoms with Crippen LogP contribution in [0.25, 0.3) is 0 Å². The summed E-state index contributed by atoms with van der Waals surface area (Å²) in [6.45, 7) is 0. The molecule has 29 heavy (non-hydrogen) atoms. The van der Waals surface area contributed by atoms with Crippen LogP contribution in [0.1, 0.15) is 59.2 Å². The molecular formula is C21H26N4O4. The number of amides is 4. The molecule has 3 atom stereocenters. The van der Waals surface area contributed by atoms with Gasteiger partial charge in [-0.3, -0.25) is 29.4 Å². The molecule has 2 heterocycles. The van der Waals surface area contributed by atoms with Crippen molar-refractivity contribution in [1.82, 2.24) is 15.1 Å². The second kappa shape index (κ2) is 7.59. The van der Waals surface area contributed by atoms with E-state index in [2.05, 4.69) is 29.6 Å². The minimum absolute atomic E-state index is 0.115. The predicted molar refractivity (Wildman–Crippen MR) is 106 cm³/mol. The highest BCUT2D eigenvalue weighted by atomic mass is 16.2. The van der Waals surface area contributed by atoms with E-state index in [-0.39, 0.29) is 24.8 Å². The van der Waals surface area contributed by atoms with E-state index in [1.807, 2.05) is 6.07 Å². The van der Waals surface area contributed by atoms with E-state index in [0.717, 1.165) is 29.8 Å². The van der Waals surface area contributed by atoms with Crippen LogP contribution in [-0.4, -0.2) is 65.6 Å².